The Morgan fingerprint density at radius 3 is 2.58 bits per heavy atom. The second-order valence-corrected chi connectivity index (χ2v) is 3.40. The maximum absolute atomic E-state index is 5.92. The van der Waals surface area contributed by atoms with Gasteiger partial charge in [0.05, 0.1) is 0 Å². The molecule has 0 saturated heterocycles. The van der Waals surface area contributed by atoms with Crippen LogP contribution in [-0.4, -0.2) is 0 Å². The van der Waals surface area contributed by atoms with Crippen LogP contribution in [0.4, 0.5) is 0 Å². The molecule has 3 N–H and O–H groups in total. The van der Waals surface area contributed by atoms with E-state index in [-0.39, 0.29) is 6.04 Å². The molecule has 0 radical (unpaired) electrons. The first-order valence-electron chi connectivity index (χ1n) is 3.56. The summed E-state index contributed by atoms with van der Waals surface area (Å²) in [5.41, 5.74) is 3.56. The van der Waals surface area contributed by atoms with Crippen molar-refractivity contribution in [3.05, 3.63) is 33.8 Å². The first-order chi connectivity index (χ1) is 5.65. The van der Waals surface area contributed by atoms with Crippen LogP contribution in [0.5, 0.6) is 0 Å². The number of halogens is 2. The fourth-order valence-electron chi connectivity index (χ4n) is 0.942. The molecular weight excluding hydrogens is 195 g/mol. The third-order valence-electron chi connectivity index (χ3n) is 1.68. The summed E-state index contributed by atoms with van der Waals surface area (Å²) in [5, 5.41) is 1.26. The lowest BCUT2D eigenvalue weighted by Gasteiger charge is -2.11. The summed E-state index contributed by atoms with van der Waals surface area (Å²) in [5.74, 6) is 5.27. The number of hydrogen-bond donors (Lipinski definition) is 2. The van der Waals surface area contributed by atoms with Crippen LogP contribution < -0.4 is 11.3 Å². The predicted octanol–water partition coefficient (Wildman–Crippen LogP) is 2.52. The van der Waals surface area contributed by atoms with Crippen LogP contribution in [0, 0.1) is 0 Å². The van der Waals surface area contributed by atoms with Gasteiger partial charge in [-0.1, -0.05) is 29.3 Å². The first kappa shape index (κ1) is 9.81. The molecule has 0 aliphatic carbocycles. The maximum atomic E-state index is 5.92. The summed E-state index contributed by atoms with van der Waals surface area (Å²) in [4.78, 5) is 0. The van der Waals surface area contributed by atoms with Gasteiger partial charge < -0.3 is 0 Å². The van der Waals surface area contributed by atoms with E-state index in [1.165, 1.54) is 0 Å². The Kier molecular flexibility index (Phi) is 3.35. The number of benzene rings is 1. The Bertz CT molecular complexity index is 276. The van der Waals surface area contributed by atoms with Crippen LogP contribution in [0.25, 0.3) is 0 Å². The molecule has 0 bridgehead atoms. The fourth-order valence-corrected chi connectivity index (χ4v) is 1.51. The molecule has 2 nitrogen and oxygen atoms in total. The van der Waals surface area contributed by atoms with Crippen molar-refractivity contribution in [2.75, 3.05) is 0 Å². The Labute approximate surface area is 81.6 Å². The average Bonchev–Trinajstić information content (AvgIpc) is 2.03. The summed E-state index contributed by atoms with van der Waals surface area (Å²) in [7, 11) is 0. The predicted molar refractivity (Wildman–Crippen MR) is 52.2 cm³/mol. The summed E-state index contributed by atoms with van der Waals surface area (Å²) in [6, 6.07) is 5.38. The molecule has 0 unspecified atom stereocenters. The highest BCUT2D eigenvalue weighted by atomic mass is 35.5. The highest BCUT2D eigenvalue weighted by molar-refractivity contribution is 6.35. The number of rotatable bonds is 2. The molecule has 0 aromatic heterocycles. The molecule has 1 atom stereocenters. The van der Waals surface area contributed by atoms with Crippen molar-refractivity contribution in [3.63, 3.8) is 0 Å². The number of nitrogens with two attached hydrogens (primary N) is 1. The number of hydrogen-bond acceptors (Lipinski definition) is 2. The van der Waals surface area contributed by atoms with Crippen LogP contribution in [0.3, 0.4) is 0 Å². The molecule has 12 heavy (non-hydrogen) atoms. The molecule has 0 spiro atoms. The molecule has 0 saturated carbocycles. The van der Waals surface area contributed by atoms with Gasteiger partial charge in [-0.3, -0.25) is 11.3 Å². The van der Waals surface area contributed by atoms with E-state index in [4.69, 9.17) is 29.0 Å². The van der Waals surface area contributed by atoms with E-state index >= 15 is 0 Å². The number of nitrogens with one attached hydrogen (secondary N) is 1. The van der Waals surface area contributed by atoms with Gasteiger partial charge >= 0.3 is 0 Å². The van der Waals surface area contributed by atoms with Gasteiger partial charge in [0.1, 0.15) is 0 Å². The largest absolute Gasteiger partial charge is 0.271 e. The first-order valence-corrected chi connectivity index (χ1v) is 4.32. The van der Waals surface area contributed by atoms with Crippen LogP contribution in [0.15, 0.2) is 18.2 Å². The van der Waals surface area contributed by atoms with Crippen molar-refractivity contribution in [2.45, 2.75) is 13.0 Å². The second-order valence-electron chi connectivity index (χ2n) is 2.55. The van der Waals surface area contributed by atoms with E-state index < -0.39 is 0 Å². The van der Waals surface area contributed by atoms with Gasteiger partial charge in [0.25, 0.3) is 0 Å². The summed E-state index contributed by atoms with van der Waals surface area (Å²) >= 11 is 11.7. The molecule has 66 valence electrons. The van der Waals surface area contributed by atoms with Gasteiger partial charge in [-0.15, -0.1) is 0 Å². The van der Waals surface area contributed by atoms with E-state index in [1.54, 1.807) is 12.1 Å². The molecule has 1 aromatic carbocycles. The van der Waals surface area contributed by atoms with Gasteiger partial charge in [-0.05, 0) is 24.6 Å². The van der Waals surface area contributed by atoms with Gasteiger partial charge in [0.15, 0.2) is 0 Å². The van der Waals surface area contributed by atoms with E-state index in [9.17, 15) is 0 Å². The molecule has 0 aliphatic heterocycles. The van der Waals surface area contributed by atoms with Crippen molar-refractivity contribution < 1.29 is 0 Å². The van der Waals surface area contributed by atoms with Crippen molar-refractivity contribution in [3.8, 4) is 0 Å². The Morgan fingerprint density at radius 1 is 1.42 bits per heavy atom. The third-order valence-corrected chi connectivity index (χ3v) is 2.24. The van der Waals surface area contributed by atoms with Crippen molar-refractivity contribution in [1.29, 1.82) is 0 Å². The minimum atomic E-state index is 0.0368. The highest BCUT2D eigenvalue weighted by Gasteiger charge is 2.07. The van der Waals surface area contributed by atoms with Gasteiger partial charge in [-0.25, -0.2) is 0 Å². The van der Waals surface area contributed by atoms with Crippen LogP contribution in [0.2, 0.25) is 10.0 Å². The summed E-state index contributed by atoms with van der Waals surface area (Å²) < 4.78 is 0. The molecule has 0 amide bonds. The molecule has 1 rings (SSSR count). The van der Waals surface area contributed by atoms with Crippen LogP contribution >= 0.6 is 23.2 Å². The van der Waals surface area contributed by atoms with Crippen LogP contribution in [0.1, 0.15) is 18.5 Å². The number of hydrazine groups is 1. The molecule has 1 aromatic rings. The lowest BCUT2D eigenvalue weighted by Crippen LogP contribution is -2.25. The molecule has 0 heterocycles. The van der Waals surface area contributed by atoms with Crippen LogP contribution in [-0.2, 0) is 0 Å². The van der Waals surface area contributed by atoms with E-state index in [0.717, 1.165) is 5.56 Å². The highest BCUT2D eigenvalue weighted by Crippen LogP contribution is 2.25. The van der Waals surface area contributed by atoms with E-state index in [2.05, 4.69) is 5.43 Å². The summed E-state index contributed by atoms with van der Waals surface area (Å²) in [6.45, 7) is 1.93. The van der Waals surface area contributed by atoms with Gasteiger partial charge in [-0.2, -0.15) is 0 Å². The van der Waals surface area contributed by atoms with Crippen molar-refractivity contribution in [2.24, 2.45) is 5.84 Å². The molecular formula is C8H10Cl2N2. The Hall–Kier alpha value is -0.280. The third kappa shape index (κ3) is 2.11. The standard InChI is InChI=1S/C8H10Cl2N2/c1-5(12-11)7-3-2-6(9)4-8(7)10/h2-5,12H,11H2,1H3/t5-/m0/s1. The van der Waals surface area contributed by atoms with E-state index in [0.29, 0.717) is 10.0 Å². The van der Waals surface area contributed by atoms with Crippen molar-refractivity contribution in [1.82, 2.24) is 5.43 Å². The molecule has 4 heteroatoms. The fraction of sp³-hybridized carbons (Fsp3) is 0.250. The normalized spacial score (nSPS) is 13.0. The Balaban J connectivity index is 3.01. The lowest BCUT2D eigenvalue weighted by molar-refractivity contribution is 0.603. The summed E-state index contributed by atoms with van der Waals surface area (Å²) in [6.07, 6.45) is 0. The topological polar surface area (TPSA) is 38.0 Å². The second kappa shape index (κ2) is 4.10. The monoisotopic (exact) mass is 204 g/mol. The quantitative estimate of drug-likeness (QED) is 0.575. The maximum Gasteiger partial charge on any atom is 0.0469 e. The lowest BCUT2D eigenvalue weighted by atomic mass is 10.1. The average molecular weight is 205 g/mol. The van der Waals surface area contributed by atoms with E-state index in [1.807, 2.05) is 13.0 Å². The SMILES string of the molecule is C[C@H](NN)c1ccc(Cl)cc1Cl. The molecule has 0 aliphatic rings. The van der Waals surface area contributed by atoms with Gasteiger partial charge in [0.2, 0.25) is 0 Å². The zero-order valence-electron chi connectivity index (χ0n) is 6.64. The minimum absolute atomic E-state index is 0.0368. The smallest absolute Gasteiger partial charge is 0.0469 e. The Morgan fingerprint density at radius 2 is 2.08 bits per heavy atom. The minimum Gasteiger partial charge on any atom is -0.271 e. The van der Waals surface area contributed by atoms with Gasteiger partial charge in [0, 0.05) is 16.1 Å². The zero-order chi connectivity index (χ0) is 9.14. The van der Waals surface area contributed by atoms with Crippen molar-refractivity contribution >= 4 is 23.2 Å². The molecule has 0 fully saturated rings. The zero-order valence-corrected chi connectivity index (χ0v) is 8.15.